The molecule has 118 valence electrons. The van der Waals surface area contributed by atoms with Crippen LogP contribution in [-0.4, -0.2) is 24.5 Å². The highest BCUT2D eigenvalue weighted by atomic mass is 15.2. The first-order valence-electron chi connectivity index (χ1n) is 8.55. The molecule has 1 aromatic rings. The first-order chi connectivity index (χ1) is 10.0. The summed E-state index contributed by atoms with van der Waals surface area (Å²) < 4.78 is 0. The van der Waals surface area contributed by atoms with Gasteiger partial charge < -0.3 is 5.73 Å². The third-order valence-electron chi connectivity index (χ3n) is 4.24. The molecule has 0 amide bonds. The van der Waals surface area contributed by atoms with Gasteiger partial charge >= 0.3 is 0 Å². The Morgan fingerprint density at radius 2 is 1.62 bits per heavy atom. The Hall–Kier alpha value is -0.860. The third-order valence-corrected chi connectivity index (χ3v) is 4.24. The zero-order chi connectivity index (χ0) is 15.4. The predicted octanol–water partition coefficient (Wildman–Crippen LogP) is 4.18. The van der Waals surface area contributed by atoms with E-state index in [2.05, 4.69) is 56.9 Å². The molecule has 0 bridgehead atoms. The minimum absolute atomic E-state index is 0.367. The van der Waals surface area contributed by atoms with Crippen molar-refractivity contribution in [3.8, 4) is 0 Å². The molecule has 0 saturated heterocycles. The number of nitrogens with two attached hydrogens (primary N) is 1. The van der Waals surface area contributed by atoms with Crippen molar-refractivity contribution in [2.75, 3.05) is 19.6 Å². The Kier molecular flexibility index (Phi) is 5.83. The lowest BCUT2D eigenvalue weighted by atomic mass is 9.94. The number of rotatable bonds is 8. The molecule has 1 unspecified atom stereocenters. The standard InChI is InChI=1S/C19H32N2/c1-14(2)12-21(13-15(3)4)19(11-20)18-8-6-5-7-17(18)16-9-10-16/h5-8,14-16,19H,9-13,20H2,1-4H3. The highest BCUT2D eigenvalue weighted by Crippen LogP contribution is 2.43. The van der Waals surface area contributed by atoms with E-state index in [0.717, 1.165) is 19.0 Å². The van der Waals surface area contributed by atoms with Gasteiger partial charge in [0.1, 0.15) is 0 Å². The van der Waals surface area contributed by atoms with E-state index in [4.69, 9.17) is 5.73 Å². The van der Waals surface area contributed by atoms with Gasteiger partial charge in [-0.1, -0.05) is 52.0 Å². The van der Waals surface area contributed by atoms with Crippen molar-refractivity contribution in [2.24, 2.45) is 17.6 Å². The summed E-state index contributed by atoms with van der Waals surface area (Å²) in [5.74, 6) is 2.13. The monoisotopic (exact) mass is 288 g/mol. The van der Waals surface area contributed by atoms with Crippen LogP contribution < -0.4 is 5.73 Å². The van der Waals surface area contributed by atoms with E-state index in [1.54, 1.807) is 5.56 Å². The Labute approximate surface area is 130 Å². The van der Waals surface area contributed by atoms with Crippen molar-refractivity contribution >= 4 is 0 Å². The summed E-state index contributed by atoms with van der Waals surface area (Å²) in [4.78, 5) is 2.61. The molecule has 1 atom stereocenters. The van der Waals surface area contributed by atoms with Crippen LogP contribution in [0.15, 0.2) is 24.3 Å². The third kappa shape index (κ3) is 4.55. The zero-order valence-corrected chi connectivity index (χ0v) is 14.2. The molecule has 0 radical (unpaired) electrons. The summed E-state index contributed by atoms with van der Waals surface area (Å²) >= 11 is 0. The smallest absolute Gasteiger partial charge is 0.0473 e. The van der Waals surface area contributed by atoms with Crippen LogP contribution in [0, 0.1) is 11.8 Å². The highest BCUT2D eigenvalue weighted by molar-refractivity contribution is 5.35. The number of nitrogens with zero attached hydrogens (tertiary/aromatic N) is 1. The molecular formula is C19H32N2. The minimum Gasteiger partial charge on any atom is -0.329 e. The van der Waals surface area contributed by atoms with E-state index in [0.29, 0.717) is 24.4 Å². The number of benzene rings is 1. The summed E-state index contributed by atoms with van der Waals surface area (Å²) in [5, 5.41) is 0. The van der Waals surface area contributed by atoms with E-state index < -0.39 is 0 Å². The van der Waals surface area contributed by atoms with Crippen molar-refractivity contribution in [1.29, 1.82) is 0 Å². The topological polar surface area (TPSA) is 29.3 Å². The van der Waals surface area contributed by atoms with Gasteiger partial charge in [0.05, 0.1) is 0 Å². The first kappa shape index (κ1) is 16.5. The Morgan fingerprint density at radius 1 is 1.05 bits per heavy atom. The zero-order valence-electron chi connectivity index (χ0n) is 14.2. The first-order valence-corrected chi connectivity index (χ1v) is 8.55. The Bertz CT molecular complexity index is 425. The Balaban J connectivity index is 2.26. The fourth-order valence-corrected chi connectivity index (χ4v) is 3.32. The van der Waals surface area contributed by atoms with Crippen LogP contribution in [0.2, 0.25) is 0 Å². The Morgan fingerprint density at radius 3 is 2.10 bits per heavy atom. The van der Waals surface area contributed by atoms with Gasteiger partial charge in [-0.2, -0.15) is 0 Å². The van der Waals surface area contributed by atoms with Crippen molar-refractivity contribution in [3.63, 3.8) is 0 Å². The second kappa shape index (κ2) is 7.42. The van der Waals surface area contributed by atoms with Gasteiger partial charge in [-0.05, 0) is 41.7 Å². The maximum Gasteiger partial charge on any atom is 0.0473 e. The highest BCUT2D eigenvalue weighted by Gasteiger charge is 2.30. The van der Waals surface area contributed by atoms with E-state index in [1.807, 2.05) is 0 Å². The molecule has 2 rings (SSSR count). The van der Waals surface area contributed by atoms with Crippen LogP contribution in [0.3, 0.4) is 0 Å². The molecule has 2 heteroatoms. The molecule has 2 nitrogen and oxygen atoms in total. The average Bonchev–Trinajstić information content (AvgIpc) is 3.23. The lowest BCUT2D eigenvalue weighted by Crippen LogP contribution is -2.39. The molecule has 0 heterocycles. The van der Waals surface area contributed by atoms with Gasteiger partial charge in [-0.25, -0.2) is 0 Å². The second-order valence-corrected chi connectivity index (χ2v) is 7.40. The molecule has 21 heavy (non-hydrogen) atoms. The van der Waals surface area contributed by atoms with Crippen LogP contribution in [0.5, 0.6) is 0 Å². The minimum atomic E-state index is 0.367. The number of hydrogen-bond acceptors (Lipinski definition) is 2. The lowest BCUT2D eigenvalue weighted by molar-refractivity contribution is 0.159. The van der Waals surface area contributed by atoms with E-state index in [1.165, 1.54) is 18.4 Å². The summed E-state index contributed by atoms with van der Waals surface area (Å²) in [6.45, 7) is 12.2. The molecule has 1 fully saturated rings. The molecule has 0 spiro atoms. The number of hydrogen-bond donors (Lipinski definition) is 1. The van der Waals surface area contributed by atoms with E-state index in [9.17, 15) is 0 Å². The van der Waals surface area contributed by atoms with Crippen molar-refractivity contribution in [1.82, 2.24) is 4.90 Å². The molecule has 1 aliphatic rings. The fourth-order valence-electron chi connectivity index (χ4n) is 3.32. The van der Waals surface area contributed by atoms with Crippen LogP contribution >= 0.6 is 0 Å². The molecule has 0 aliphatic heterocycles. The van der Waals surface area contributed by atoms with Crippen LogP contribution in [-0.2, 0) is 0 Å². The molecule has 0 aromatic heterocycles. The van der Waals surface area contributed by atoms with Crippen molar-refractivity contribution < 1.29 is 0 Å². The molecular weight excluding hydrogens is 256 g/mol. The van der Waals surface area contributed by atoms with Gasteiger partial charge in [-0.15, -0.1) is 0 Å². The average molecular weight is 288 g/mol. The van der Waals surface area contributed by atoms with E-state index >= 15 is 0 Å². The largest absolute Gasteiger partial charge is 0.329 e. The molecule has 2 N–H and O–H groups in total. The molecule has 1 aromatic carbocycles. The van der Waals surface area contributed by atoms with Gasteiger partial charge in [-0.3, -0.25) is 4.90 Å². The summed E-state index contributed by atoms with van der Waals surface area (Å²) in [5.41, 5.74) is 9.23. The maximum absolute atomic E-state index is 6.20. The molecule has 1 saturated carbocycles. The normalized spacial score (nSPS) is 17.0. The van der Waals surface area contributed by atoms with Crippen LogP contribution in [0.4, 0.5) is 0 Å². The lowest BCUT2D eigenvalue weighted by Gasteiger charge is -2.35. The van der Waals surface area contributed by atoms with Crippen molar-refractivity contribution in [3.05, 3.63) is 35.4 Å². The van der Waals surface area contributed by atoms with Gasteiger partial charge in [0.15, 0.2) is 0 Å². The van der Waals surface area contributed by atoms with Gasteiger partial charge in [0.2, 0.25) is 0 Å². The maximum atomic E-state index is 6.20. The van der Waals surface area contributed by atoms with E-state index in [-0.39, 0.29) is 0 Å². The summed E-state index contributed by atoms with van der Waals surface area (Å²) in [6, 6.07) is 9.34. The quantitative estimate of drug-likeness (QED) is 0.777. The van der Waals surface area contributed by atoms with Crippen LogP contribution in [0.25, 0.3) is 0 Å². The molecule has 1 aliphatic carbocycles. The SMILES string of the molecule is CC(C)CN(CC(C)C)C(CN)c1ccccc1C1CC1. The predicted molar refractivity (Wildman–Crippen MR) is 91.5 cm³/mol. The summed E-state index contributed by atoms with van der Waals surface area (Å²) in [7, 11) is 0. The summed E-state index contributed by atoms with van der Waals surface area (Å²) in [6.07, 6.45) is 2.70. The van der Waals surface area contributed by atoms with Crippen molar-refractivity contribution in [2.45, 2.75) is 52.5 Å². The van der Waals surface area contributed by atoms with Gasteiger partial charge in [0, 0.05) is 25.7 Å². The second-order valence-electron chi connectivity index (χ2n) is 7.40. The van der Waals surface area contributed by atoms with Crippen LogP contribution in [0.1, 0.15) is 63.6 Å². The van der Waals surface area contributed by atoms with Gasteiger partial charge in [0.25, 0.3) is 0 Å². The fraction of sp³-hybridized carbons (Fsp3) is 0.684.